The van der Waals surface area contributed by atoms with E-state index in [0.717, 1.165) is 40.5 Å². The van der Waals surface area contributed by atoms with Crippen molar-refractivity contribution in [2.75, 3.05) is 6.61 Å². The van der Waals surface area contributed by atoms with Gasteiger partial charge in [0, 0.05) is 5.56 Å². The lowest BCUT2D eigenvalue weighted by Crippen LogP contribution is -2.69. The summed E-state index contributed by atoms with van der Waals surface area (Å²) in [5.41, 5.74) is -1.67. The Labute approximate surface area is 340 Å². The molecule has 9 atom stereocenters. The van der Waals surface area contributed by atoms with Gasteiger partial charge in [-0.05, 0) is 116 Å². The van der Waals surface area contributed by atoms with Crippen molar-refractivity contribution in [3.63, 3.8) is 0 Å². The van der Waals surface area contributed by atoms with Crippen LogP contribution in [0.2, 0.25) is 0 Å². The number of ether oxygens (including phenoxy) is 1. The molecule has 0 aliphatic heterocycles. The molecule has 0 unspecified atom stereocenters. The summed E-state index contributed by atoms with van der Waals surface area (Å²) in [7, 11) is 0. The number of rotatable bonds is 17. The van der Waals surface area contributed by atoms with E-state index in [4.69, 9.17) is 9.84 Å². The van der Waals surface area contributed by atoms with E-state index < -0.39 is 99.5 Å². The lowest BCUT2D eigenvalue weighted by Gasteiger charge is -2.60. The Bertz CT molecular complexity index is 1890. The van der Waals surface area contributed by atoms with Crippen LogP contribution in [0.1, 0.15) is 100.0 Å². The van der Waals surface area contributed by atoms with Gasteiger partial charge < -0.3 is 45.6 Å². The van der Waals surface area contributed by atoms with E-state index in [2.05, 4.69) is 6.58 Å². The third-order valence-corrected chi connectivity index (χ3v) is 12.1. The monoisotopic (exact) mass is 810 g/mol. The molecule has 13 heteroatoms. The van der Waals surface area contributed by atoms with Crippen molar-refractivity contribution >= 4 is 29.1 Å². The van der Waals surface area contributed by atoms with Crippen LogP contribution >= 0.6 is 0 Å². The van der Waals surface area contributed by atoms with Crippen LogP contribution in [-0.2, 0) is 19.2 Å². The van der Waals surface area contributed by atoms with Gasteiger partial charge in [-0.2, -0.15) is 0 Å². The summed E-state index contributed by atoms with van der Waals surface area (Å²) in [6.07, 6.45) is -4.25. The maximum Gasteiger partial charge on any atom is 0.343 e. The smallest absolute Gasteiger partial charge is 0.343 e. The Balaban J connectivity index is 2.26. The minimum absolute atomic E-state index is 0.0259. The van der Waals surface area contributed by atoms with E-state index in [9.17, 15) is 40.5 Å². The first kappa shape index (κ1) is 48.1. The molecular weight excluding hydrogens is 748 g/mol. The fraction of sp³-hybridized carbons (Fsp3) is 0.556. The van der Waals surface area contributed by atoms with E-state index in [0.29, 0.717) is 12.8 Å². The molecule has 0 amide bonds. The quantitative estimate of drug-likeness (QED) is 0.0202. The fourth-order valence-corrected chi connectivity index (χ4v) is 8.20. The molecule has 320 valence electrons. The van der Waals surface area contributed by atoms with Gasteiger partial charge in [0.25, 0.3) is 0 Å². The highest BCUT2D eigenvalue weighted by Crippen LogP contribution is 2.66. The van der Waals surface area contributed by atoms with E-state index in [1.54, 1.807) is 0 Å². The molecular formula is C45H62O13. The number of carbonyl (C=O) groups excluding carboxylic acids is 4. The Morgan fingerprint density at radius 1 is 0.879 bits per heavy atom. The number of phenolic OH excluding ortho intramolecular Hbond substituents is 1. The van der Waals surface area contributed by atoms with E-state index in [-0.39, 0.29) is 36.7 Å². The van der Waals surface area contributed by atoms with Gasteiger partial charge >= 0.3 is 5.97 Å². The van der Waals surface area contributed by atoms with Crippen LogP contribution in [0.3, 0.4) is 0 Å². The first-order valence-corrected chi connectivity index (χ1v) is 19.5. The van der Waals surface area contributed by atoms with Crippen molar-refractivity contribution in [2.24, 2.45) is 28.1 Å². The van der Waals surface area contributed by atoms with Gasteiger partial charge in [0.15, 0.2) is 35.0 Å². The summed E-state index contributed by atoms with van der Waals surface area (Å²) in [6.45, 7) is 20.3. The van der Waals surface area contributed by atoms with Gasteiger partial charge in [-0.1, -0.05) is 60.9 Å². The van der Waals surface area contributed by atoms with E-state index >= 15 is 14.4 Å². The largest absolute Gasteiger partial charge is 0.506 e. The predicted molar refractivity (Wildman–Crippen MR) is 217 cm³/mol. The molecule has 0 aromatic heterocycles. The molecule has 58 heavy (non-hydrogen) atoms. The van der Waals surface area contributed by atoms with Crippen LogP contribution in [0.4, 0.5) is 0 Å². The number of phenols is 1. The standard InChI is InChI=1S/C45H62O13/c1-23(2)11-13-28(26(7)8)20-44-21-29(15-12-24(3)4)43(9,10)45(42(44)57,18-17-25(5)6)40(55)33(39(44)54)34(49)27-14-16-32(30(47)19-27)58-41(56)38(53)37(52)36(51)35(50)31(48)22-46/h11-12,14,16-17,19,28-29,31,35-38,46-53H,7,13,15,18,20-22H2,1-6,8-10H3/b34-33-/t28-,29-,31-,35+,36+,37-,38-,44-,45-/m0/s1. The number of allylic oxidation sites excluding steroid dienone is 8. The summed E-state index contributed by atoms with van der Waals surface area (Å²) in [4.78, 5) is 58.5. The van der Waals surface area contributed by atoms with Crippen LogP contribution in [0.5, 0.6) is 11.5 Å². The van der Waals surface area contributed by atoms with E-state index in [1.807, 2.05) is 80.5 Å². The maximum absolute atomic E-state index is 15.4. The number of carbonyl (C=O) groups is 4. The van der Waals surface area contributed by atoms with Crippen LogP contribution in [0, 0.1) is 28.1 Å². The molecule has 2 saturated carbocycles. The van der Waals surface area contributed by atoms with Crippen LogP contribution in [0.25, 0.3) is 5.76 Å². The van der Waals surface area contributed by atoms with Gasteiger partial charge in [0.2, 0.25) is 0 Å². The summed E-state index contributed by atoms with van der Waals surface area (Å²) < 4.78 is 5.01. The molecule has 0 spiro atoms. The van der Waals surface area contributed by atoms with Crippen molar-refractivity contribution in [3.8, 4) is 11.5 Å². The lowest BCUT2D eigenvalue weighted by molar-refractivity contribution is -0.177. The highest BCUT2D eigenvalue weighted by molar-refractivity contribution is 6.41. The first-order chi connectivity index (χ1) is 26.8. The van der Waals surface area contributed by atoms with Gasteiger partial charge in [-0.25, -0.2) is 4.79 Å². The number of aliphatic hydroxyl groups excluding tert-OH is 7. The van der Waals surface area contributed by atoms with Gasteiger partial charge in [0.1, 0.15) is 41.2 Å². The van der Waals surface area contributed by atoms with Crippen LogP contribution in [-0.4, -0.2) is 101 Å². The third-order valence-electron chi connectivity index (χ3n) is 12.1. The zero-order chi connectivity index (χ0) is 44.2. The van der Waals surface area contributed by atoms with Crippen molar-refractivity contribution in [3.05, 3.63) is 76.4 Å². The van der Waals surface area contributed by atoms with E-state index in [1.165, 1.54) is 0 Å². The molecule has 3 rings (SSSR count). The molecule has 0 heterocycles. The molecule has 13 nitrogen and oxygen atoms in total. The van der Waals surface area contributed by atoms with Crippen LogP contribution < -0.4 is 4.74 Å². The second-order valence-corrected chi connectivity index (χ2v) is 17.4. The number of fused-ring (bicyclic) bond motifs is 2. The lowest BCUT2D eigenvalue weighted by atomic mass is 9.38. The molecule has 1 aromatic carbocycles. The number of esters is 1. The number of hydrogen-bond acceptors (Lipinski definition) is 13. The zero-order valence-corrected chi connectivity index (χ0v) is 35.1. The fourth-order valence-electron chi connectivity index (χ4n) is 8.20. The van der Waals surface area contributed by atoms with Crippen LogP contribution in [0.15, 0.2) is 70.9 Å². The normalized spacial score (nSPS) is 25.4. The number of benzene rings is 1. The number of hydrogen-bond donors (Lipinski definition) is 8. The highest BCUT2D eigenvalue weighted by atomic mass is 16.6. The summed E-state index contributed by atoms with van der Waals surface area (Å²) in [5, 5.41) is 81.9. The second-order valence-electron chi connectivity index (χ2n) is 17.4. The SMILES string of the molecule is C=C(C)[C@@H](CC=C(C)C)C[C@]12C[C@H](CC=C(C)C)C(C)(C)[C@@](CC=C(C)C)(C(=O)/C(=C(\O)c3ccc(OC(=O)[C@@H](O)[C@@H](O)[C@H](O)[C@H](O)[C@@H](O)CO)c(O)c3)C1=O)C2=O. The minimum atomic E-state index is -2.50. The van der Waals surface area contributed by atoms with Crippen molar-refractivity contribution in [2.45, 2.75) is 125 Å². The van der Waals surface area contributed by atoms with Gasteiger partial charge in [-0.3, -0.25) is 14.4 Å². The maximum atomic E-state index is 15.4. The Kier molecular flexibility index (Phi) is 15.6. The predicted octanol–water partition coefficient (Wildman–Crippen LogP) is 4.75. The van der Waals surface area contributed by atoms with Gasteiger partial charge in [0.05, 0.1) is 12.0 Å². The Morgan fingerprint density at radius 3 is 1.98 bits per heavy atom. The average Bonchev–Trinajstić information content (AvgIpc) is 3.15. The molecule has 2 bridgehead atoms. The number of ketones is 3. The Morgan fingerprint density at radius 2 is 1.47 bits per heavy atom. The second kappa shape index (κ2) is 18.8. The topological polar surface area (TPSA) is 239 Å². The molecule has 1 aromatic rings. The molecule has 0 radical (unpaired) electrons. The van der Waals surface area contributed by atoms with Crippen molar-refractivity contribution < 1.29 is 64.8 Å². The number of aromatic hydroxyl groups is 1. The molecule has 8 N–H and O–H groups in total. The summed E-state index contributed by atoms with van der Waals surface area (Å²) >= 11 is 0. The third kappa shape index (κ3) is 9.30. The summed E-state index contributed by atoms with van der Waals surface area (Å²) in [5.74, 6) is -6.58. The minimum Gasteiger partial charge on any atom is -0.506 e. The molecule has 2 aliphatic carbocycles. The molecule has 0 saturated heterocycles. The van der Waals surface area contributed by atoms with Crippen molar-refractivity contribution in [1.29, 1.82) is 0 Å². The number of aliphatic hydroxyl groups is 7. The molecule has 2 fully saturated rings. The Hall–Kier alpha value is -4.24. The highest BCUT2D eigenvalue weighted by Gasteiger charge is 2.74. The first-order valence-electron chi connectivity index (χ1n) is 19.5. The molecule has 2 aliphatic rings. The average molecular weight is 811 g/mol. The summed E-state index contributed by atoms with van der Waals surface area (Å²) in [6, 6.07) is 3.05. The zero-order valence-electron chi connectivity index (χ0n) is 35.1. The van der Waals surface area contributed by atoms with Crippen molar-refractivity contribution in [1.82, 2.24) is 0 Å². The number of Topliss-reactive ketones (excluding diaryl/α,β-unsaturated/α-hetero) is 3. The van der Waals surface area contributed by atoms with Gasteiger partial charge in [-0.15, -0.1) is 0 Å².